The van der Waals surface area contributed by atoms with Crippen LogP contribution in [0.2, 0.25) is 0 Å². The number of aliphatic hydroxyl groups excluding tert-OH is 1. The SMILES string of the molecule is Cn1nccc1C1CCN(CCCCO)CC1. The molecule has 0 amide bonds. The molecule has 1 aliphatic rings. The van der Waals surface area contributed by atoms with Crippen LogP contribution in [0.25, 0.3) is 0 Å². The predicted octanol–water partition coefficient (Wildman–Crippen LogP) is 1.37. The second-order valence-corrected chi connectivity index (χ2v) is 4.93. The minimum Gasteiger partial charge on any atom is -0.396 e. The first-order valence-electron chi connectivity index (χ1n) is 6.62. The van der Waals surface area contributed by atoms with Crippen molar-refractivity contribution < 1.29 is 5.11 Å². The van der Waals surface area contributed by atoms with Crippen LogP contribution in [0.1, 0.15) is 37.3 Å². The van der Waals surface area contributed by atoms with Gasteiger partial charge in [-0.3, -0.25) is 4.68 Å². The third kappa shape index (κ3) is 3.30. The molecule has 0 aromatic carbocycles. The molecular weight excluding hydrogens is 214 g/mol. The normalized spacial score (nSPS) is 18.7. The van der Waals surface area contributed by atoms with Crippen LogP contribution in [0.5, 0.6) is 0 Å². The molecule has 17 heavy (non-hydrogen) atoms. The summed E-state index contributed by atoms with van der Waals surface area (Å²) < 4.78 is 2.01. The van der Waals surface area contributed by atoms with E-state index in [9.17, 15) is 0 Å². The van der Waals surface area contributed by atoms with Crippen molar-refractivity contribution in [3.8, 4) is 0 Å². The largest absolute Gasteiger partial charge is 0.396 e. The van der Waals surface area contributed by atoms with Crippen LogP contribution in [-0.2, 0) is 7.05 Å². The molecule has 2 heterocycles. The average Bonchev–Trinajstić information content (AvgIpc) is 2.77. The van der Waals surface area contributed by atoms with Crippen LogP contribution in [0.15, 0.2) is 12.3 Å². The zero-order valence-corrected chi connectivity index (χ0v) is 10.7. The quantitative estimate of drug-likeness (QED) is 0.786. The average molecular weight is 237 g/mol. The first kappa shape index (κ1) is 12.6. The van der Waals surface area contributed by atoms with Crippen LogP contribution in [0, 0.1) is 0 Å². The molecule has 0 radical (unpaired) electrons. The van der Waals surface area contributed by atoms with E-state index in [-0.39, 0.29) is 0 Å². The Morgan fingerprint density at radius 1 is 1.35 bits per heavy atom. The van der Waals surface area contributed by atoms with Gasteiger partial charge in [-0.15, -0.1) is 0 Å². The predicted molar refractivity (Wildman–Crippen MR) is 67.9 cm³/mol. The van der Waals surface area contributed by atoms with Gasteiger partial charge in [-0.05, 0) is 51.4 Å². The van der Waals surface area contributed by atoms with Crippen LogP contribution < -0.4 is 0 Å². The van der Waals surface area contributed by atoms with Crippen LogP contribution >= 0.6 is 0 Å². The van der Waals surface area contributed by atoms with Crippen molar-refractivity contribution in [3.05, 3.63) is 18.0 Å². The number of rotatable bonds is 5. The summed E-state index contributed by atoms with van der Waals surface area (Å²) in [5.74, 6) is 0.677. The maximum Gasteiger partial charge on any atom is 0.0492 e. The maximum absolute atomic E-state index is 8.77. The van der Waals surface area contributed by atoms with Crippen molar-refractivity contribution in [2.24, 2.45) is 7.05 Å². The Bertz CT molecular complexity index is 329. The molecule has 2 rings (SSSR count). The number of likely N-dealkylation sites (tertiary alicyclic amines) is 1. The fourth-order valence-electron chi connectivity index (χ4n) is 2.68. The zero-order valence-electron chi connectivity index (χ0n) is 10.7. The summed E-state index contributed by atoms with van der Waals surface area (Å²) in [4.78, 5) is 2.52. The fraction of sp³-hybridized carbons (Fsp3) is 0.769. The van der Waals surface area contributed by atoms with Gasteiger partial charge in [-0.25, -0.2) is 0 Å². The van der Waals surface area contributed by atoms with Gasteiger partial charge in [-0.1, -0.05) is 0 Å². The third-order valence-corrected chi connectivity index (χ3v) is 3.75. The molecule has 0 atom stereocenters. The van der Waals surface area contributed by atoms with Gasteiger partial charge < -0.3 is 10.0 Å². The molecule has 0 unspecified atom stereocenters. The molecular formula is C13H23N3O. The van der Waals surface area contributed by atoms with Gasteiger partial charge in [0, 0.05) is 31.5 Å². The van der Waals surface area contributed by atoms with Gasteiger partial charge in [0.25, 0.3) is 0 Å². The summed E-state index contributed by atoms with van der Waals surface area (Å²) in [7, 11) is 2.03. The molecule has 1 aliphatic heterocycles. The lowest BCUT2D eigenvalue weighted by Gasteiger charge is -2.31. The Hall–Kier alpha value is -0.870. The van der Waals surface area contributed by atoms with E-state index >= 15 is 0 Å². The third-order valence-electron chi connectivity index (χ3n) is 3.75. The van der Waals surface area contributed by atoms with E-state index in [4.69, 9.17) is 5.11 Å². The standard InChI is InChI=1S/C13H23N3O/c1-15-13(4-7-14-15)12-5-9-16(10-6-12)8-2-3-11-17/h4,7,12,17H,2-3,5-6,8-11H2,1H3. The molecule has 0 saturated carbocycles. The van der Waals surface area contributed by atoms with Gasteiger partial charge in [0.15, 0.2) is 0 Å². The number of hydrogen-bond acceptors (Lipinski definition) is 3. The summed E-state index contributed by atoms with van der Waals surface area (Å²) in [6, 6.07) is 2.14. The molecule has 0 spiro atoms. The van der Waals surface area contributed by atoms with Gasteiger partial charge in [-0.2, -0.15) is 5.10 Å². The second-order valence-electron chi connectivity index (χ2n) is 4.93. The van der Waals surface area contributed by atoms with Crippen molar-refractivity contribution in [1.82, 2.24) is 14.7 Å². The summed E-state index contributed by atoms with van der Waals surface area (Å²) in [5.41, 5.74) is 1.38. The van der Waals surface area contributed by atoms with Crippen LogP contribution in [0.4, 0.5) is 0 Å². The monoisotopic (exact) mass is 237 g/mol. The minimum atomic E-state index is 0.325. The summed E-state index contributed by atoms with van der Waals surface area (Å²) in [6.45, 7) is 3.83. The summed E-state index contributed by atoms with van der Waals surface area (Å²) >= 11 is 0. The molecule has 0 bridgehead atoms. The number of aromatic nitrogens is 2. The Labute approximate surface area is 103 Å². The highest BCUT2D eigenvalue weighted by Gasteiger charge is 2.21. The Morgan fingerprint density at radius 3 is 2.71 bits per heavy atom. The molecule has 1 aromatic rings. The molecule has 1 aromatic heterocycles. The van der Waals surface area contributed by atoms with Gasteiger partial charge >= 0.3 is 0 Å². The first-order valence-corrected chi connectivity index (χ1v) is 6.62. The van der Waals surface area contributed by atoms with Crippen LogP contribution in [-0.4, -0.2) is 46.0 Å². The van der Waals surface area contributed by atoms with Crippen molar-refractivity contribution in [1.29, 1.82) is 0 Å². The van der Waals surface area contributed by atoms with Gasteiger partial charge in [0.05, 0.1) is 0 Å². The lowest BCUT2D eigenvalue weighted by Crippen LogP contribution is -2.34. The number of hydrogen-bond donors (Lipinski definition) is 1. The summed E-state index contributed by atoms with van der Waals surface area (Å²) in [6.07, 6.45) is 6.41. The number of nitrogens with zero attached hydrogens (tertiary/aromatic N) is 3. The van der Waals surface area contributed by atoms with Crippen LogP contribution in [0.3, 0.4) is 0 Å². The van der Waals surface area contributed by atoms with Crippen molar-refractivity contribution in [2.45, 2.75) is 31.6 Å². The molecule has 0 aliphatic carbocycles. The molecule has 1 saturated heterocycles. The van der Waals surface area contributed by atoms with Crippen molar-refractivity contribution >= 4 is 0 Å². The number of piperidine rings is 1. The molecule has 1 fully saturated rings. The minimum absolute atomic E-state index is 0.325. The smallest absolute Gasteiger partial charge is 0.0492 e. The number of aryl methyl sites for hydroxylation is 1. The summed E-state index contributed by atoms with van der Waals surface area (Å²) in [5, 5.41) is 13.0. The van der Waals surface area contributed by atoms with E-state index < -0.39 is 0 Å². The number of unbranched alkanes of at least 4 members (excludes halogenated alkanes) is 1. The van der Waals surface area contributed by atoms with E-state index in [1.165, 1.54) is 31.6 Å². The highest BCUT2D eigenvalue weighted by Crippen LogP contribution is 2.27. The van der Waals surface area contributed by atoms with E-state index in [2.05, 4.69) is 16.1 Å². The van der Waals surface area contributed by atoms with E-state index in [1.54, 1.807) is 0 Å². The maximum atomic E-state index is 8.77. The van der Waals surface area contributed by atoms with E-state index in [1.807, 2.05) is 17.9 Å². The first-order chi connectivity index (χ1) is 8.31. The molecule has 4 heteroatoms. The van der Waals surface area contributed by atoms with Gasteiger partial charge in [0.1, 0.15) is 0 Å². The Balaban J connectivity index is 1.76. The lowest BCUT2D eigenvalue weighted by atomic mass is 9.93. The van der Waals surface area contributed by atoms with Crippen molar-refractivity contribution in [2.75, 3.05) is 26.2 Å². The molecule has 4 nitrogen and oxygen atoms in total. The zero-order chi connectivity index (χ0) is 12.1. The fourth-order valence-corrected chi connectivity index (χ4v) is 2.68. The highest BCUT2D eigenvalue weighted by atomic mass is 16.2. The van der Waals surface area contributed by atoms with E-state index in [0.717, 1.165) is 19.4 Å². The Morgan fingerprint density at radius 2 is 2.12 bits per heavy atom. The molecule has 1 N–H and O–H groups in total. The highest BCUT2D eigenvalue weighted by molar-refractivity contribution is 5.08. The van der Waals surface area contributed by atoms with Crippen molar-refractivity contribution in [3.63, 3.8) is 0 Å². The topological polar surface area (TPSA) is 41.3 Å². The van der Waals surface area contributed by atoms with Gasteiger partial charge in [0.2, 0.25) is 0 Å². The lowest BCUT2D eigenvalue weighted by molar-refractivity contribution is 0.197. The second kappa shape index (κ2) is 6.17. The Kier molecular flexibility index (Phi) is 4.57. The number of aliphatic hydroxyl groups is 1. The van der Waals surface area contributed by atoms with E-state index in [0.29, 0.717) is 12.5 Å². The molecule has 96 valence electrons.